The van der Waals surface area contributed by atoms with E-state index in [1.165, 1.54) is 36.4 Å². The lowest BCUT2D eigenvalue weighted by molar-refractivity contribution is 0.0900. The summed E-state index contributed by atoms with van der Waals surface area (Å²) >= 11 is 0. The summed E-state index contributed by atoms with van der Waals surface area (Å²) in [4.78, 5) is 8.72. The van der Waals surface area contributed by atoms with Crippen molar-refractivity contribution < 1.29 is 4.39 Å². The van der Waals surface area contributed by atoms with E-state index < -0.39 is 0 Å². The molecule has 3 fully saturated rings. The summed E-state index contributed by atoms with van der Waals surface area (Å²) in [6, 6.07) is 6.25. The monoisotopic (exact) mass is 385 g/mol. The minimum Gasteiger partial charge on any atom is -0.368 e. The quantitative estimate of drug-likeness (QED) is 0.843. The molecule has 0 radical (unpaired) electrons. The standard InChI is InChI=1S/C20H28FN7/c1-12-11-26(6-7-27(12)18-9-13-2-3-14(18)8-13)17-5-4-15(10-16(17)21)28-20(23)24-19(22)25-28/h4-5,10,12-14,18H,2-3,6-9,11H2,1H3,(H4,22,23,24,25)/t12-,13+,14-,18-/m0/s1. The van der Waals surface area contributed by atoms with Crippen LogP contribution >= 0.6 is 0 Å². The summed E-state index contributed by atoms with van der Waals surface area (Å²) < 4.78 is 16.3. The number of anilines is 3. The number of nitrogen functional groups attached to an aromatic ring is 2. The van der Waals surface area contributed by atoms with E-state index in [-0.39, 0.29) is 17.7 Å². The van der Waals surface area contributed by atoms with Gasteiger partial charge in [0.2, 0.25) is 11.9 Å². The van der Waals surface area contributed by atoms with Crippen LogP contribution in [0.2, 0.25) is 0 Å². The van der Waals surface area contributed by atoms with Gasteiger partial charge >= 0.3 is 0 Å². The van der Waals surface area contributed by atoms with Crippen LogP contribution in [0.3, 0.4) is 0 Å². The molecule has 0 amide bonds. The molecule has 8 heteroatoms. The molecule has 28 heavy (non-hydrogen) atoms. The van der Waals surface area contributed by atoms with Crippen molar-refractivity contribution in [2.75, 3.05) is 36.0 Å². The van der Waals surface area contributed by atoms with E-state index in [4.69, 9.17) is 11.5 Å². The van der Waals surface area contributed by atoms with Gasteiger partial charge in [0.05, 0.1) is 11.4 Å². The number of hydrogen-bond donors (Lipinski definition) is 2. The molecule has 2 aliphatic carbocycles. The summed E-state index contributed by atoms with van der Waals surface area (Å²) in [5.41, 5.74) is 12.5. The molecule has 1 aromatic heterocycles. The van der Waals surface area contributed by atoms with Crippen molar-refractivity contribution in [2.24, 2.45) is 11.8 Å². The molecule has 2 heterocycles. The Hall–Kier alpha value is -2.35. The molecule has 0 spiro atoms. The molecule has 1 aliphatic heterocycles. The minimum atomic E-state index is -0.272. The number of rotatable bonds is 3. The van der Waals surface area contributed by atoms with Crippen molar-refractivity contribution >= 4 is 17.6 Å². The number of piperazine rings is 1. The molecule has 3 aliphatic rings. The van der Waals surface area contributed by atoms with E-state index >= 15 is 0 Å². The predicted molar refractivity (Wildman–Crippen MR) is 108 cm³/mol. The van der Waals surface area contributed by atoms with Gasteiger partial charge in [0, 0.05) is 37.8 Å². The highest BCUT2D eigenvalue weighted by Crippen LogP contribution is 2.47. The topological polar surface area (TPSA) is 89.2 Å². The predicted octanol–water partition coefficient (Wildman–Crippen LogP) is 2.27. The fourth-order valence-corrected chi connectivity index (χ4v) is 5.72. The third-order valence-corrected chi connectivity index (χ3v) is 6.97. The van der Waals surface area contributed by atoms with Gasteiger partial charge in [0.1, 0.15) is 5.82 Å². The molecule has 0 unspecified atom stereocenters. The Kier molecular flexibility index (Phi) is 4.19. The van der Waals surface area contributed by atoms with Crippen LogP contribution in [0, 0.1) is 17.7 Å². The fraction of sp³-hybridized carbons (Fsp3) is 0.600. The van der Waals surface area contributed by atoms with Crippen LogP contribution in [0.15, 0.2) is 18.2 Å². The smallest absolute Gasteiger partial charge is 0.241 e. The Morgan fingerprint density at radius 2 is 2.00 bits per heavy atom. The molecule has 7 nitrogen and oxygen atoms in total. The zero-order chi connectivity index (χ0) is 19.4. The van der Waals surface area contributed by atoms with Crippen LogP contribution < -0.4 is 16.4 Å². The third-order valence-electron chi connectivity index (χ3n) is 6.97. The first-order chi connectivity index (χ1) is 13.5. The maximum Gasteiger partial charge on any atom is 0.241 e. The Balaban J connectivity index is 1.31. The lowest BCUT2D eigenvalue weighted by Gasteiger charge is -2.46. The van der Waals surface area contributed by atoms with Gasteiger partial charge in [-0.2, -0.15) is 9.67 Å². The minimum absolute atomic E-state index is 0.0764. The summed E-state index contributed by atoms with van der Waals surface area (Å²) in [6.07, 6.45) is 5.60. The van der Waals surface area contributed by atoms with Crippen LogP contribution in [-0.2, 0) is 0 Å². The Labute approximate surface area is 164 Å². The first-order valence-corrected chi connectivity index (χ1v) is 10.3. The van der Waals surface area contributed by atoms with E-state index in [0.29, 0.717) is 17.4 Å². The molecule has 2 saturated carbocycles. The molecule has 1 aromatic carbocycles. The molecule has 5 rings (SSSR count). The van der Waals surface area contributed by atoms with E-state index in [1.807, 2.05) is 12.1 Å². The van der Waals surface area contributed by atoms with Gasteiger partial charge in [-0.15, -0.1) is 5.10 Å². The van der Waals surface area contributed by atoms with Gasteiger partial charge in [-0.3, -0.25) is 4.90 Å². The van der Waals surface area contributed by atoms with Crippen molar-refractivity contribution in [3.8, 4) is 5.69 Å². The van der Waals surface area contributed by atoms with E-state index in [1.54, 1.807) is 0 Å². The third kappa shape index (κ3) is 2.90. The summed E-state index contributed by atoms with van der Waals surface area (Å²) in [7, 11) is 0. The summed E-state index contributed by atoms with van der Waals surface area (Å²) in [5, 5.41) is 4.02. The number of hydrogen-bond acceptors (Lipinski definition) is 6. The summed E-state index contributed by atoms with van der Waals surface area (Å²) in [6.45, 7) is 4.99. The number of fused-ring (bicyclic) bond motifs is 2. The summed E-state index contributed by atoms with van der Waals surface area (Å²) in [5.74, 6) is 1.79. The van der Waals surface area contributed by atoms with Gasteiger partial charge in [0.25, 0.3) is 0 Å². The number of nitrogens with two attached hydrogens (primary N) is 2. The maximum absolute atomic E-state index is 14.9. The van der Waals surface area contributed by atoms with Crippen LogP contribution in [-0.4, -0.2) is 51.4 Å². The van der Waals surface area contributed by atoms with Crippen LogP contribution in [0.1, 0.15) is 32.6 Å². The van der Waals surface area contributed by atoms with Gasteiger partial charge in [-0.05, 0) is 50.2 Å². The first kappa shape index (κ1) is 17.7. The lowest BCUT2D eigenvalue weighted by atomic mass is 9.92. The van der Waals surface area contributed by atoms with E-state index in [0.717, 1.165) is 37.5 Å². The maximum atomic E-state index is 14.9. The lowest BCUT2D eigenvalue weighted by Crippen LogP contribution is -2.56. The highest BCUT2D eigenvalue weighted by molar-refractivity contribution is 5.54. The largest absolute Gasteiger partial charge is 0.368 e. The second-order valence-corrected chi connectivity index (χ2v) is 8.65. The van der Waals surface area contributed by atoms with Crippen molar-refractivity contribution in [1.82, 2.24) is 19.7 Å². The number of benzene rings is 1. The van der Waals surface area contributed by atoms with E-state index in [9.17, 15) is 4.39 Å². The Bertz CT molecular complexity index is 881. The van der Waals surface area contributed by atoms with Crippen LogP contribution in [0.4, 0.5) is 22.0 Å². The van der Waals surface area contributed by atoms with Crippen LogP contribution in [0.25, 0.3) is 5.69 Å². The average Bonchev–Trinajstić information content (AvgIpc) is 3.37. The molecular weight excluding hydrogens is 357 g/mol. The number of halogens is 1. The molecule has 4 atom stereocenters. The fourth-order valence-electron chi connectivity index (χ4n) is 5.72. The zero-order valence-corrected chi connectivity index (χ0v) is 16.3. The van der Waals surface area contributed by atoms with Crippen molar-refractivity contribution in [1.29, 1.82) is 0 Å². The number of aromatic nitrogens is 3. The van der Waals surface area contributed by atoms with Crippen molar-refractivity contribution in [2.45, 2.75) is 44.7 Å². The first-order valence-electron chi connectivity index (χ1n) is 10.3. The van der Waals surface area contributed by atoms with Crippen LogP contribution in [0.5, 0.6) is 0 Å². The van der Waals surface area contributed by atoms with Gasteiger partial charge in [-0.25, -0.2) is 4.39 Å². The Morgan fingerprint density at radius 1 is 1.14 bits per heavy atom. The normalized spacial score (nSPS) is 30.3. The highest BCUT2D eigenvalue weighted by Gasteiger charge is 2.44. The molecule has 1 saturated heterocycles. The van der Waals surface area contributed by atoms with Crippen molar-refractivity contribution in [3.05, 3.63) is 24.0 Å². The van der Waals surface area contributed by atoms with Gasteiger partial charge in [0.15, 0.2) is 0 Å². The number of nitrogens with zero attached hydrogens (tertiary/aromatic N) is 5. The van der Waals surface area contributed by atoms with Gasteiger partial charge < -0.3 is 16.4 Å². The molecule has 2 bridgehead atoms. The van der Waals surface area contributed by atoms with E-state index in [2.05, 4.69) is 26.8 Å². The second-order valence-electron chi connectivity index (χ2n) is 8.65. The Morgan fingerprint density at radius 3 is 2.61 bits per heavy atom. The molecule has 4 N–H and O–H groups in total. The highest BCUT2D eigenvalue weighted by atomic mass is 19.1. The zero-order valence-electron chi connectivity index (χ0n) is 16.3. The molecule has 2 aromatic rings. The molecule has 150 valence electrons. The van der Waals surface area contributed by atoms with Crippen molar-refractivity contribution in [3.63, 3.8) is 0 Å². The second kappa shape index (κ2) is 6.62. The average molecular weight is 385 g/mol. The SMILES string of the molecule is C[C@H]1CN(c2ccc(-n3nc(N)nc3N)cc2F)CCN1[C@H]1C[C@@H]2CC[C@H]1C2. The molecular formula is C20H28FN7. The van der Waals surface area contributed by atoms with Gasteiger partial charge in [-0.1, -0.05) is 6.42 Å².